The number of carbonyl (C=O) groups is 5. The highest BCUT2D eigenvalue weighted by molar-refractivity contribution is 6.38. The van der Waals surface area contributed by atoms with Crippen LogP contribution in [0.1, 0.15) is 51.4 Å². The first-order chi connectivity index (χ1) is 21.7. The molecule has 10 nitrogen and oxygen atoms in total. The fraction of sp³-hybridized carbons (Fsp3) is 0.633. The van der Waals surface area contributed by atoms with Gasteiger partial charge in [0.2, 0.25) is 23.5 Å². The molecule has 46 heavy (non-hydrogen) atoms. The van der Waals surface area contributed by atoms with Crippen molar-refractivity contribution in [3.05, 3.63) is 29.6 Å². The van der Waals surface area contributed by atoms with E-state index in [2.05, 4.69) is 16.0 Å². The Morgan fingerprint density at radius 2 is 1.67 bits per heavy atom. The third kappa shape index (κ3) is 7.25. The van der Waals surface area contributed by atoms with Crippen LogP contribution in [0, 0.1) is 35.2 Å². The first kappa shape index (κ1) is 33.5. The van der Waals surface area contributed by atoms with E-state index in [9.17, 15) is 50.3 Å². The molecule has 3 saturated heterocycles. The Morgan fingerprint density at radius 3 is 2.26 bits per heavy atom. The first-order valence-electron chi connectivity index (χ1n) is 15.4. The maximum Gasteiger partial charge on any atom is 0.389 e. The molecule has 6 atom stereocenters. The van der Waals surface area contributed by atoms with Crippen molar-refractivity contribution < 1.29 is 50.3 Å². The van der Waals surface area contributed by atoms with Crippen LogP contribution in [0.3, 0.4) is 0 Å². The van der Waals surface area contributed by atoms with Crippen LogP contribution in [-0.2, 0) is 24.0 Å². The number of amides is 4. The SMILES string of the molecule is O=C(N[C@@H](C[C@@H]1CCNC1=O)C(=O)C(=O)N1CCC1)C1[C@H]2CCCC2CN1C(=O)[C@@H](CCC(F)(F)F)Nc1c(F)cc(F)cc1F. The topological polar surface area (TPSA) is 128 Å². The summed E-state index contributed by atoms with van der Waals surface area (Å²) >= 11 is 0. The molecule has 3 aliphatic heterocycles. The van der Waals surface area contributed by atoms with E-state index in [4.69, 9.17) is 0 Å². The van der Waals surface area contributed by atoms with Crippen molar-refractivity contribution >= 4 is 35.1 Å². The molecule has 4 amide bonds. The zero-order chi connectivity index (χ0) is 33.3. The number of likely N-dealkylation sites (tertiary alicyclic amines) is 2. The molecule has 3 heterocycles. The fourth-order valence-electron chi connectivity index (χ4n) is 6.96. The Balaban J connectivity index is 1.41. The maximum absolute atomic E-state index is 14.5. The molecule has 252 valence electrons. The number of hydrogen-bond acceptors (Lipinski definition) is 6. The molecule has 4 aliphatic rings. The van der Waals surface area contributed by atoms with Crippen LogP contribution in [0.4, 0.5) is 32.0 Å². The molecule has 1 aromatic rings. The van der Waals surface area contributed by atoms with Gasteiger partial charge in [0.1, 0.15) is 23.6 Å². The molecule has 4 fully saturated rings. The van der Waals surface area contributed by atoms with Gasteiger partial charge >= 0.3 is 6.18 Å². The minimum absolute atomic E-state index is 0.0312. The largest absolute Gasteiger partial charge is 0.389 e. The number of ketones is 1. The lowest BCUT2D eigenvalue weighted by molar-refractivity contribution is -0.149. The van der Waals surface area contributed by atoms with Gasteiger partial charge in [0.25, 0.3) is 5.91 Å². The van der Waals surface area contributed by atoms with E-state index in [0.29, 0.717) is 63.9 Å². The van der Waals surface area contributed by atoms with Crippen molar-refractivity contribution in [2.45, 2.75) is 75.7 Å². The summed E-state index contributed by atoms with van der Waals surface area (Å²) in [7, 11) is 0. The van der Waals surface area contributed by atoms with Gasteiger partial charge in [0, 0.05) is 50.7 Å². The second-order valence-electron chi connectivity index (χ2n) is 12.5. The normalized spacial score (nSPS) is 25.4. The Kier molecular flexibility index (Phi) is 9.82. The molecular weight excluding hydrogens is 624 g/mol. The van der Waals surface area contributed by atoms with Crippen LogP contribution in [-0.4, -0.2) is 89.7 Å². The molecule has 1 aromatic carbocycles. The van der Waals surface area contributed by atoms with Gasteiger partial charge in [0.15, 0.2) is 11.6 Å². The first-order valence-corrected chi connectivity index (χ1v) is 15.4. The van der Waals surface area contributed by atoms with Crippen molar-refractivity contribution in [2.75, 3.05) is 31.5 Å². The van der Waals surface area contributed by atoms with Gasteiger partial charge < -0.3 is 25.8 Å². The molecule has 0 bridgehead atoms. The quantitative estimate of drug-likeness (QED) is 0.248. The number of benzene rings is 1. The van der Waals surface area contributed by atoms with Crippen LogP contribution in [0.25, 0.3) is 0 Å². The van der Waals surface area contributed by atoms with Gasteiger partial charge in [0.05, 0.1) is 6.04 Å². The molecule has 0 radical (unpaired) electrons. The fourth-order valence-corrected chi connectivity index (χ4v) is 6.96. The summed E-state index contributed by atoms with van der Waals surface area (Å²) in [4.78, 5) is 68.7. The van der Waals surface area contributed by atoms with E-state index in [-0.39, 0.29) is 24.8 Å². The van der Waals surface area contributed by atoms with E-state index in [1.165, 1.54) is 4.90 Å². The Hall–Kier alpha value is -3.85. The van der Waals surface area contributed by atoms with E-state index in [1.54, 1.807) is 0 Å². The lowest BCUT2D eigenvalue weighted by Gasteiger charge is -2.34. The minimum atomic E-state index is -4.73. The number of nitrogens with zero attached hydrogens (tertiary/aromatic N) is 2. The average Bonchev–Trinajstić information content (AvgIpc) is 3.65. The predicted octanol–water partition coefficient (Wildman–Crippen LogP) is 2.67. The molecule has 1 aliphatic carbocycles. The molecule has 1 saturated carbocycles. The third-order valence-corrected chi connectivity index (χ3v) is 9.45. The van der Waals surface area contributed by atoms with Crippen molar-refractivity contribution in [2.24, 2.45) is 17.8 Å². The molecular formula is C30H35F6N5O5. The van der Waals surface area contributed by atoms with Crippen molar-refractivity contribution in [3.63, 3.8) is 0 Å². The molecule has 3 N–H and O–H groups in total. The van der Waals surface area contributed by atoms with Crippen LogP contribution in [0.2, 0.25) is 0 Å². The average molecular weight is 660 g/mol. The zero-order valence-electron chi connectivity index (χ0n) is 24.8. The summed E-state index contributed by atoms with van der Waals surface area (Å²) in [6, 6.07) is -3.87. The molecule has 16 heteroatoms. The number of hydrogen-bond donors (Lipinski definition) is 3. The van der Waals surface area contributed by atoms with Crippen molar-refractivity contribution in [1.82, 2.24) is 20.4 Å². The second-order valence-corrected chi connectivity index (χ2v) is 12.5. The van der Waals surface area contributed by atoms with Crippen LogP contribution in [0.5, 0.6) is 0 Å². The number of carbonyl (C=O) groups excluding carboxylic acids is 5. The Morgan fingerprint density at radius 1 is 0.978 bits per heavy atom. The van der Waals surface area contributed by atoms with Gasteiger partial charge in [-0.3, -0.25) is 24.0 Å². The Labute approximate surface area is 260 Å². The van der Waals surface area contributed by atoms with Gasteiger partial charge in [-0.25, -0.2) is 13.2 Å². The monoisotopic (exact) mass is 659 g/mol. The molecule has 2 unspecified atom stereocenters. The number of Topliss-reactive ketones (excluding diaryl/α,β-unsaturated/α-hetero) is 1. The smallest absolute Gasteiger partial charge is 0.369 e. The van der Waals surface area contributed by atoms with E-state index < -0.39 is 95.6 Å². The van der Waals surface area contributed by atoms with E-state index in [1.807, 2.05) is 0 Å². The lowest BCUT2D eigenvalue weighted by atomic mass is 9.91. The van der Waals surface area contributed by atoms with Gasteiger partial charge in [-0.15, -0.1) is 0 Å². The van der Waals surface area contributed by atoms with Crippen LogP contribution >= 0.6 is 0 Å². The van der Waals surface area contributed by atoms with Gasteiger partial charge in [-0.1, -0.05) is 6.42 Å². The summed E-state index contributed by atoms with van der Waals surface area (Å²) in [6.45, 7) is 1.06. The van der Waals surface area contributed by atoms with Crippen molar-refractivity contribution in [3.8, 4) is 0 Å². The number of rotatable bonds is 11. The standard InChI is InChI=1S/C30H35F6N5O5/c31-17-12-19(32)23(20(33)13-17)38-21(5-7-30(34,35)36)28(45)41-14-16-3-1-4-18(16)24(41)27(44)39-22(11-15-6-8-37-26(15)43)25(42)29(46)40-9-2-10-40/h12-13,15-16,18,21-22,24,38H,1-11,14H2,(H,37,43)(H,39,44)/t15-,16?,18-,21+,22-,24?/m0/s1. The summed E-state index contributed by atoms with van der Waals surface area (Å²) in [5, 5.41) is 7.41. The summed E-state index contributed by atoms with van der Waals surface area (Å²) in [5.41, 5.74) is -0.993. The predicted molar refractivity (Wildman–Crippen MR) is 149 cm³/mol. The molecule has 0 spiro atoms. The third-order valence-electron chi connectivity index (χ3n) is 9.45. The van der Waals surface area contributed by atoms with Gasteiger partial charge in [-0.05, 0) is 50.4 Å². The van der Waals surface area contributed by atoms with Gasteiger partial charge in [-0.2, -0.15) is 13.2 Å². The Bertz CT molecular complexity index is 1370. The van der Waals surface area contributed by atoms with Crippen LogP contribution < -0.4 is 16.0 Å². The zero-order valence-corrected chi connectivity index (χ0v) is 24.8. The van der Waals surface area contributed by atoms with E-state index in [0.717, 1.165) is 4.90 Å². The number of anilines is 1. The molecule has 5 rings (SSSR count). The number of alkyl halides is 3. The number of nitrogens with one attached hydrogen (secondary N) is 3. The lowest BCUT2D eigenvalue weighted by Crippen LogP contribution is -2.58. The number of fused-ring (bicyclic) bond motifs is 1. The summed E-state index contributed by atoms with van der Waals surface area (Å²) in [6.07, 6.45) is -4.45. The highest BCUT2D eigenvalue weighted by Gasteiger charge is 2.51. The number of halogens is 6. The summed E-state index contributed by atoms with van der Waals surface area (Å²) in [5.74, 6) is -9.39. The van der Waals surface area contributed by atoms with E-state index >= 15 is 0 Å². The summed E-state index contributed by atoms with van der Waals surface area (Å²) < 4.78 is 82.3. The minimum Gasteiger partial charge on any atom is -0.369 e. The highest BCUT2D eigenvalue weighted by atomic mass is 19.4. The maximum atomic E-state index is 14.5. The van der Waals surface area contributed by atoms with Crippen molar-refractivity contribution in [1.29, 1.82) is 0 Å². The molecule has 0 aromatic heterocycles. The highest BCUT2D eigenvalue weighted by Crippen LogP contribution is 2.43. The second kappa shape index (κ2) is 13.5. The van der Waals surface area contributed by atoms with Crippen LogP contribution in [0.15, 0.2) is 12.1 Å².